The van der Waals surface area contributed by atoms with Gasteiger partial charge in [-0.1, -0.05) is 42.5 Å². The molecule has 1 aliphatic heterocycles. The van der Waals surface area contributed by atoms with Crippen LogP contribution in [-0.2, 0) is 0 Å². The average Bonchev–Trinajstić information content (AvgIpc) is 3.53. The van der Waals surface area contributed by atoms with E-state index in [4.69, 9.17) is 10.5 Å². The van der Waals surface area contributed by atoms with Crippen molar-refractivity contribution in [3.8, 4) is 11.6 Å². The van der Waals surface area contributed by atoms with Crippen LogP contribution in [0.25, 0.3) is 5.69 Å². The molecule has 9 heteroatoms. The third-order valence-electron chi connectivity index (χ3n) is 6.33. The fourth-order valence-electron chi connectivity index (χ4n) is 4.44. The van der Waals surface area contributed by atoms with Crippen LogP contribution in [0.2, 0.25) is 0 Å². The van der Waals surface area contributed by atoms with Gasteiger partial charge in [-0.3, -0.25) is 5.32 Å². The maximum absolute atomic E-state index is 13.3. The van der Waals surface area contributed by atoms with Gasteiger partial charge in [-0.05, 0) is 62.2 Å². The summed E-state index contributed by atoms with van der Waals surface area (Å²) in [7, 11) is 0. The van der Waals surface area contributed by atoms with Crippen molar-refractivity contribution in [3.05, 3.63) is 102 Å². The number of carbonyl (C=O) groups is 1. The number of nitrogens with one attached hydrogen (secondary N) is 1. The van der Waals surface area contributed by atoms with Gasteiger partial charge < -0.3 is 15.4 Å². The van der Waals surface area contributed by atoms with Crippen molar-refractivity contribution in [1.82, 2.24) is 9.78 Å². The zero-order valence-electron chi connectivity index (χ0n) is 21.4. The number of halogens is 2. The molecular formula is C29H31F2N5O2. The van der Waals surface area contributed by atoms with Gasteiger partial charge in [-0.25, -0.2) is 18.3 Å². The number of amides is 2. The molecule has 0 bridgehead atoms. The van der Waals surface area contributed by atoms with E-state index in [2.05, 4.69) is 27.4 Å². The summed E-state index contributed by atoms with van der Waals surface area (Å²) in [5.74, 6) is -0.259. The summed E-state index contributed by atoms with van der Waals surface area (Å²) in [6, 6.07) is 23.2. The van der Waals surface area contributed by atoms with Crippen molar-refractivity contribution >= 4 is 17.5 Å². The maximum Gasteiger partial charge on any atom is 0.317 e. The van der Waals surface area contributed by atoms with Crippen LogP contribution < -0.4 is 20.7 Å². The van der Waals surface area contributed by atoms with Crippen LogP contribution >= 0.6 is 0 Å². The van der Waals surface area contributed by atoms with Gasteiger partial charge in [0.25, 0.3) is 0 Å². The van der Waals surface area contributed by atoms with Crippen molar-refractivity contribution < 1.29 is 18.3 Å². The number of rotatable bonds is 6. The molecule has 0 aliphatic carbocycles. The summed E-state index contributed by atoms with van der Waals surface area (Å²) in [6.07, 6.45) is 0.972. The van der Waals surface area contributed by atoms with E-state index in [1.165, 1.54) is 17.8 Å². The number of nitrogens with zero attached hydrogens (tertiary/aromatic N) is 3. The first-order valence-corrected chi connectivity index (χ1v) is 12.5. The molecule has 0 saturated carbocycles. The standard InChI is InChI=1S/C16H15F2N.C13H16N4O2/c17-15-7-6-12(10-16(15)18)13-8-9-19(11-13)14-4-2-1-3-5-14;1-3-19-12-9(2)11(15-13(14)18)17(16-12)10-7-5-4-6-8-10/h1-7,10,13H,8-9,11H2;4-8H,3H2,1-2H3,(H3,14,15,18). The van der Waals surface area contributed by atoms with E-state index >= 15 is 0 Å². The van der Waals surface area contributed by atoms with Crippen LogP contribution in [0.1, 0.15) is 30.4 Å². The number of aromatic nitrogens is 2. The van der Waals surface area contributed by atoms with Gasteiger partial charge in [0.15, 0.2) is 11.6 Å². The van der Waals surface area contributed by atoms with Gasteiger partial charge >= 0.3 is 6.03 Å². The SMILES string of the molecule is CCOc1nn(-c2ccccc2)c(NC(N)=O)c1C.Fc1ccc(C2CCN(c3ccccc3)C2)cc1F. The van der Waals surface area contributed by atoms with Crippen molar-refractivity contribution in [2.75, 3.05) is 29.9 Å². The number of carbonyl (C=O) groups excluding carboxylic acids is 1. The second-order valence-corrected chi connectivity index (χ2v) is 8.89. The first kappa shape index (κ1) is 26.7. The second kappa shape index (κ2) is 12.2. The summed E-state index contributed by atoms with van der Waals surface area (Å²) < 4.78 is 33.2. The molecule has 1 aromatic heterocycles. The smallest absolute Gasteiger partial charge is 0.317 e. The molecular weight excluding hydrogens is 488 g/mol. The number of anilines is 2. The number of hydrogen-bond acceptors (Lipinski definition) is 4. The summed E-state index contributed by atoms with van der Waals surface area (Å²) in [5.41, 5.74) is 8.83. The lowest BCUT2D eigenvalue weighted by molar-refractivity contribution is 0.259. The van der Waals surface area contributed by atoms with Crippen LogP contribution in [0, 0.1) is 18.6 Å². The van der Waals surface area contributed by atoms with Gasteiger partial charge in [0.2, 0.25) is 5.88 Å². The largest absolute Gasteiger partial charge is 0.477 e. The molecule has 0 spiro atoms. The Morgan fingerprint density at radius 1 is 1.03 bits per heavy atom. The number of benzene rings is 3. The Hall–Kier alpha value is -4.40. The predicted octanol–water partition coefficient (Wildman–Crippen LogP) is 6.03. The third kappa shape index (κ3) is 6.29. The summed E-state index contributed by atoms with van der Waals surface area (Å²) >= 11 is 0. The first-order chi connectivity index (χ1) is 18.4. The normalized spacial score (nSPS) is 14.5. The lowest BCUT2D eigenvalue weighted by atomic mass is 9.98. The minimum absolute atomic E-state index is 0.273. The van der Waals surface area contributed by atoms with E-state index < -0.39 is 17.7 Å². The van der Waals surface area contributed by atoms with Crippen LogP contribution in [0.5, 0.6) is 5.88 Å². The molecule has 1 atom stereocenters. The maximum atomic E-state index is 13.3. The Morgan fingerprint density at radius 2 is 1.68 bits per heavy atom. The highest BCUT2D eigenvalue weighted by atomic mass is 19.2. The van der Waals surface area contributed by atoms with Crippen molar-refractivity contribution in [2.24, 2.45) is 5.73 Å². The van der Waals surface area contributed by atoms with E-state index in [9.17, 15) is 13.6 Å². The Morgan fingerprint density at radius 3 is 2.29 bits per heavy atom. The lowest BCUT2D eigenvalue weighted by Gasteiger charge is -2.18. The molecule has 1 unspecified atom stereocenters. The van der Waals surface area contributed by atoms with Crippen LogP contribution in [0.4, 0.5) is 25.1 Å². The average molecular weight is 520 g/mol. The molecule has 4 aromatic rings. The highest BCUT2D eigenvalue weighted by molar-refractivity contribution is 5.88. The van der Waals surface area contributed by atoms with Crippen LogP contribution in [-0.4, -0.2) is 35.5 Å². The van der Waals surface area contributed by atoms with Crippen molar-refractivity contribution in [2.45, 2.75) is 26.2 Å². The summed E-state index contributed by atoms with van der Waals surface area (Å²) in [5, 5.41) is 6.93. The Labute approximate surface area is 220 Å². The number of ether oxygens (including phenoxy) is 1. The third-order valence-corrected chi connectivity index (χ3v) is 6.33. The molecule has 3 N–H and O–H groups in total. The summed E-state index contributed by atoms with van der Waals surface area (Å²) in [6.45, 7) is 6.01. The van der Waals surface area contributed by atoms with Crippen molar-refractivity contribution in [3.63, 3.8) is 0 Å². The highest BCUT2D eigenvalue weighted by Crippen LogP contribution is 2.31. The van der Waals surface area contributed by atoms with Gasteiger partial charge in [-0.2, -0.15) is 0 Å². The molecule has 7 nitrogen and oxygen atoms in total. The van der Waals surface area contributed by atoms with E-state index in [0.717, 1.165) is 36.3 Å². The zero-order chi connectivity index (χ0) is 27.1. The van der Waals surface area contributed by atoms with Gasteiger partial charge in [0.1, 0.15) is 5.82 Å². The van der Waals surface area contributed by atoms with E-state index in [1.807, 2.05) is 62.4 Å². The van der Waals surface area contributed by atoms with E-state index in [1.54, 1.807) is 10.7 Å². The second-order valence-electron chi connectivity index (χ2n) is 8.89. The van der Waals surface area contributed by atoms with Gasteiger partial charge in [-0.15, -0.1) is 5.10 Å². The van der Waals surface area contributed by atoms with E-state index in [-0.39, 0.29) is 5.92 Å². The minimum atomic E-state index is -0.776. The van der Waals surface area contributed by atoms with Crippen molar-refractivity contribution in [1.29, 1.82) is 0 Å². The van der Waals surface area contributed by atoms with Gasteiger partial charge in [0, 0.05) is 24.7 Å². The molecule has 1 saturated heterocycles. The fourth-order valence-corrected chi connectivity index (χ4v) is 4.44. The van der Waals surface area contributed by atoms with E-state index in [0.29, 0.717) is 18.3 Å². The Bertz CT molecular complexity index is 1360. The number of urea groups is 1. The molecule has 1 aliphatic rings. The first-order valence-electron chi connectivity index (χ1n) is 12.5. The number of para-hydroxylation sites is 2. The lowest BCUT2D eigenvalue weighted by Crippen LogP contribution is -2.21. The Balaban J connectivity index is 0.000000177. The minimum Gasteiger partial charge on any atom is -0.477 e. The van der Waals surface area contributed by atoms with Crippen LogP contribution in [0.3, 0.4) is 0 Å². The molecule has 2 heterocycles. The quantitative estimate of drug-likeness (QED) is 0.326. The fraction of sp³-hybridized carbons (Fsp3) is 0.241. The molecule has 2 amide bonds. The molecule has 1 fully saturated rings. The predicted molar refractivity (Wildman–Crippen MR) is 145 cm³/mol. The molecule has 5 rings (SSSR count). The van der Waals surface area contributed by atoms with Crippen LogP contribution in [0.15, 0.2) is 78.9 Å². The number of primary amides is 1. The zero-order valence-corrected chi connectivity index (χ0v) is 21.4. The topological polar surface area (TPSA) is 85.4 Å². The van der Waals surface area contributed by atoms with Gasteiger partial charge in [0.05, 0.1) is 17.9 Å². The summed E-state index contributed by atoms with van der Waals surface area (Å²) in [4.78, 5) is 13.4. The molecule has 0 radical (unpaired) electrons. The highest BCUT2D eigenvalue weighted by Gasteiger charge is 2.24. The number of nitrogens with two attached hydrogens (primary N) is 1. The molecule has 198 valence electrons. The molecule has 38 heavy (non-hydrogen) atoms. The Kier molecular flexibility index (Phi) is 8.58. The monoisotopic (exact) mass is 519 g/mol. The number of hydrogen-bond donors (Lipinski definition) is 2. The molecule has 3 aromatic carbocycles.